The third-order valence-electron chi connectivity index (χ3n) is 5.34. The molecule has 0 aromatic heterocycles. The fourth-order valence-corrected chi connectivity index (χ4v) is 3.82. The van der Waals surface area contributed by atoms with Crippen LogP contribution in [0.1, 0.15) is 51.8 Å². The van der Waals surface area contributed by atoms with Gasteiger partial charge in [0.15, 0.2) is 0 Å². The van der Waals surface area contributed by atoms with E-state index in [1.807, 2.05) is 74.2 Å². The summed E-state index contributed by atoms with van der Waals surface area (Å²) in [4.78, 5) is 15.2. The van der Waals surface area contributed by atoms with Crippen LogP contribution in [0.2, 0.25) is 0 Å². The Labute approximate surface area is 168 Å². The van der Waals surface area contributed by atoms with E-state index < -0.39 is 11.1 Å². The van der Waals surface area contributed by atoms with Crippen molar-refractivity contribution in [3.05, 3.63) is 71.8 Å². The van der Waals surface area contributed by atoms with E-state index in [9.17, 15) is 4.79 Å². The molecular weight excluding hydrogens is 350 g/mol. The number of benzene rings is 2. The largest absolute Gasteiger partial charge is 0.444 e. The first kappa shape index (κ1) is 20.4. The van der Waals surface area contributed by atoms with Gasteiger partial charge in [0.2, 0.25) is 0 Å². The second-order valence-electron chi connectivity index (χ2n) is 8.80. The van der Waals surface area contributed by atoms with Crippen LogP contribution in [0.15, 0.2) is 60.7 Å². The Hall–Kier alpha value is -2.33. The zero-order valence-corrected chi connectivity index (χ0v) is 17.5. The molecule has 1 saturated heterocycles. The van der Waals surface area contributed by atoms with E-state index in [0.29, 0.717) is 13.2 Å². The van der Waals surface area contributed by atoms with Gasteiger partial charge in [0.1, 0.15) is 17.2 Å². The first-order valence-corrected chi connectivity index (χ1v) is 9.95. The molecule has 2 atom stereocenters. The smallest absolute Gasteiger partial charge is 0.411 e. The molecular formula is C24H31NO3. The van der Waals surface area contributed by atoms with Crippen molar-refractivity contribution in [1.82, 2.24) is 4.90 Å². The zero-order valence-electron chi connectivity index (χ0n) is 17.5. The molecule has 4 nitrogen and oxygen atoms in total. The van der Waals surface area contributed by atoms with Gasteiger partial charge in [-0.2, -0.15) is 0 Å². The summed E-state index contributed by atoms with van der Waals surface area (Å²) in [5.74, 6) is 0.197. The van der Waals surface area contributed by atoms with Crippen LogP contribution in [0.25, 0.3) is 0 Å². The third kappa shape index (κ3) is 4.07. The highest BCUT2D eigenvalue weighted by Crippen LogP contribution is 2.49. The van der Waals surface area contributed by atoms with Crippen molar-refractivity contribution in [3.8, 4) is 0 Å². The van der Waals surface area contributed by atoms with Gasteiger partial charge < -0.3 is 9.47 Å². The summed E-state index contributed by atoms with van der Waals surface area (Å²) in [5, 5.41) is 0. The van der Waals surface area contributed by atoms with Crippen LogP contribution >= 0.6 is 0 Å². The molecule has 0 saturated carbocycles. The second kappa shape index (κ2) is 7.96. The van der Waals surface area contributed by atoms with Gasteiger partial charge >= 0.3 is 6.09 Å². The van der Waals surface area contributed by atoms with Crippen molar-refractivity contribution in [3.63, 3.8) is 0 Å². The predicted molar refractivity (Wildman–Crippen MR) is 111 cm³/mol. The first-order valence-electron chi connectivity index (χ1n) is 9.95. The normalized spacial score (nSPS) is 21.9. The Morgan fingerprint density at radius 2 is 1.68 bits per heavy atom. The highest BCUT2D eigenvalue weighted by Gasteiger charge is 2.57. The van der Waals surface area contributed by atoms with Crippen LogP contribution in [0.4, 0.5) is 4.79 Å². The minimum atomic E-state index is -0.558. The maximum absolute atomic E-state index is 13.3. The van der Waals surface area contributed by atoms with Crippen LogP contribution in [0.3, 0.4) is 0 Å². The minimum absolute atomic E-state index is 0.176. The topological polar surface area (TPSA) is 38.8 Å². The lowest BCUT2D eigenvalue weighted by Crippen LogP contribution is -2.68. The number of ether oxygens (including phenoxy) is 2. The fraction of sp³-hybridized carbons (Fsp3) is 0.458. The van der Waals surface area contributed by atoms with Crippen LogP contribution in [-0.4, -0.2) is 28.7 Å². The molecule has 1 amide bonds. The summed E-state index contributed by atoms with van der Waals surface area (Å²) in [7, 11) is 0. The molecule has 0 spiro atoms. The van der Waals surface area contributed by atoms with Gasteiger partial charge in [-0.15, -0.1) is 0 Å². The van der Waals surface area contributed by atoms with Crippen molar-refractivity contribution in [2.24, 2.45) is 5.92 Å². The molecule has 4 heteroatoms. The standard InChI is InChI=1S/C24H31NO3/c1-18(2)24(17-27-21(24)20-14-10-7-11-15-20)25(22(26)28-23(3,4)5)16-19-12-8-6-9-13-19/h6-15,18,21H,16-17H2,1-5H3/t21-,24+/m1/s1. The molecule has 0 aliphatic carbocycles. The Kier molecular flexibility index (Phi) is 5.80. The van der Waals surface area contributed by atoms with Gasteiger partial charge in [0, 0.05) is 6.54 Å². The number of amides is 1. The van der Waals surface area contributed by atoms with Gasteiger partial charge in [-0.25, -0.2) is 4.79 Å². The van der Waals surface area contributed by atoms with Gasteiger partial charge in [-0.3, -0.25) is 4.90 Å². The lowest BCUT2D eigenvalue weighted by molar-refractivity contribution is -0.222. The summed E-state index contributed by atoms with van der Waals surface area (Å²) < 4.78 is 11.9. The van der Waals surface area contributed by atoms with Crippen molar-refractivity contribution in [2.45, 2.75) is 58.4 Å². The molecule has 0 radical (unpaired) electrons. The second-order valence-corrected chi connectivity index (χ2v) is 8.80. The maximum atomic E-state index is 13.3. The fourth-order valence-electron chi connectivity index (χ4n) is 3.82. The molecule has 1 aliphatic rings. The number of hydrogen-bond acceptors (Lipinski definition) is 3. The zero-order chi connectivity index (χ0) is 20.4. The first-order chi connectivity index (χ1) is 13.2. The molecule has 1 aliphatic heterocycles. The quantitative estimate of drug-likeness (QED) is 0.678. The highest BCUT2D eigenvalue weighted by molar-refractivity contribution is 5.70. The molecule has 150 valence electrons. The van der Waals surface area contributed by atoms with E-state index in [2.05, 4.69) is 26.0 Å². The summed E-state index contributed by atoms with van der Waals surface area (Å²) in [6.07, 6.45) is -0.473. The summed E-state index contributed by atoms with van der Waals surface area (Å²) in [6, 6.07) is 20.2. The lowest BCUT2D eigenvalue weighted by atomic mass is 9.73. The van der Waals surface area contributed by atoms with Crippen LogP contribution < -0.4 is 0 Å². The molecule has 0 N–H and O–H groups in total. The molecule has 1 heterocycles. The van der Waals surface area contributed by atoms with E-state index in [-0.39, 0.29) is 18.1 Å². The average Bonchev–Trinajstić information content (AvgIpc) is 2.60. The molecule has 28 heavy (non-hydrogen) atoms. The summed E-state index contributed by atoms with van der Waals surface area (Å²) in [6.45, 7) is 11.0. The van der Waals surface area contributed by atoms with Crippen LogP contribution in [0, 0.1) is 5.92 Å². The van der Waals surface area contributed by atoms with Gasteiger partial charge in [-0.05, 0) is 37.8 Å². The van der Waals surface area contributed by atoms with E-state index in [4.69, 9.17) is 9.47 Å². The van der Waals surface area contributed by atoms with Crippen LogP contribution in [-0.2, 0) is 16.0 Å². The number of rotatable bonds is 5. The maximum Gasteiger partial charge on any atom is 0.411 e. The number of carbonyl (C=O) groups is 1. The van der Waals surface area contributed by atoms with Crippen molar-refractivity contribution >= 4 is 6.09 Å². The molecule has 0 unspecified atom stereocenters. The van der Waals surface area contributed by atoms with Crippen molar-refractivity contribution in [1.29, 1.82) is 0 Å². The number of hydrogen-bond donors (Lipinski definition) is 0. The van der Waals surface area contributed by atoms with Gasteiger partial charge in [0.25, 0.3) is 0 Å². The SMILES string of the molecule is CC(C)[C@@]1(N(Cc2ccccc2)C(=O)OC(C)(C)C)CO[C@@H]1c1ccccc1. The Bertz CT molecular complexity index is 783. The van der Waals surface area contributed by atoms with Crippen molar-refractivity contribution < 1.29 is 14.3 Å². The monoisotopic (exact) mass is 381 g/mol. The Balaban J connectivity index is 2.01. The average molecular weight is 382 g/mol. The highest BCUT2D eigenvalue weighted by atomic mass is 16.6. The van der Waals surface area contributed by atoms with Crippen molar-refractivity contribution in [2.75, 3.05) is 6.61 Å². The van der Waals surface area contributed by atoms with Crippen LogP contribution in [0.5, 0.6) is 0 Å². The van der Waals surface area contributed by atoms with E-state index >= 15 is 0 Å². The van der Waals surface area contributed by atoms with E-state index in [1.165, 1.54) is 0 Å². The summed E-state index contributed by atoms with van der Waals surface area (Å²) >= 11 is 0. The summed E-state index contributed by atoms with van der Waals surface area (Å²) in [5.41, 5.74) is 1.15. The molecule has 2 aromatic rings. The lowest BCUT2D eigenvalue weighted by Gasteiger charge is -2.57. The predicted octanol–water partition coefficient (Wildman–Crippen LogP) is 5.59. The number of nitrogens with zero attached hydrogens (tertiary/aromatic N) is 1. The third-order valence-corrected chi connectivity index (χ3v) is 5.34. The van der Waals surface area contributed by atoms with Gasteiger partial charge in [-0.1, -0.05) is 74.5 Å². The molecule has 0 bridgehead atoms. The molecule has 2 aromatic carbocycles. The van der Waals surface area contributed by atoms with E-state index in [0.717, 1.165) is 11.1 Å². The van der Waals surface area contributed by atoms with Gasteiger partial charge in [0.05, 0.1) is 6.61 Å². The minimum Gasteiger partial charge on any atom is -0.444 e. The molecule has 3 rings (SSSR count). The Morgan fingerprint density at radius 3 is 2.14 bits per heavy atom. The van der Waals surface area contributed by atoms with E-state index in [1.54, 1.807) is 0 Å². The Morgan fingerprint density at radius 1 is 1.11 bits per heavy atom. The molecule has 1 fully saturated rings. The number of carbonyl (C=O) groups excluding carboxylic acids is 1.